The molecule has 1 aromatic carbocycles. The first-order chi connectivity index (χ1) is 8.47. The van der Waals surface area contributed by atoms with E-state index in [1.165, 1.54) is 17.8 Å². The van der Waals surface area contributed by atoms with Crippen LogP contribution in [0, 0.1) is 5.92 Å². The maximum Gasteiger partial charge on any atom is 0.416 e. The Balaban J connectivity index is 2.01. The van der Waals surface area contributed by atoms with Gasteiger partial charge in [-0.15, -0.1) is 11.8 Å². The van der Waals surface area contributed by atoms with E-state index in [2.05, 4.69) is 0 Å². The first kappa shape index (κ1) is 13.5. The SMILES string of the molecule is Nc1cc(C(F)(F)F)ccc1SCC1CCOC1. The van der Waals surface area contributed by atoms with Crippen molar-refractivity contribution in [3.63, 3.8) is 0 Å². The van der Waals surface area contributed by atoms with Gasteiger partial charge in [0.05, 0.1) is 12.2 Å². The highest BCUT2D eigenvalue weighted by Gasteiger charge is 2.30. The molecule has 2 nitrogen and oxygen atoms in total. The third kappa shape index (κ3) is 3.32. The maximum absolute atomic E-state index is 12.5. The van der Waals surface area contributed by atoms with Gasteiger partial charge in [-0.2, -0.15) is 13.2 Å². The highest BCUT2D eigenvalue weighted by atomic mass is 32.2. The van der Waals surface area contributed by atoms with Crippen LogP contribution in [-0.4, -0.2) is 19.0 Å². The quantitative estimate of drug-likeness (QED) is 0.679. The summed E-state index contributed by atoms with van der Waals surface area (Å²) in [5.74, 6) is 1.30. The summed E-state index contributed by atoms with van der Waals surface area (Å²) in [6.45, 7) is 1.50. The first-order valence-electron chi connectivity index (χ1n) is 5.64. The zero-order chi connectivity index (χ0) is 13.2. The third-order valence-electron chi connectivity index (χ3n) is 2.84. The summed E-state index contributed by atoms with van der Waals surface area (Å²) in [7, 11) is 0. The predicted molar refractivity (Wildman–Crippen MR) is 65.5 cm³/mol. The van der Waals surface area contributed by atoms with Gasteiger partial charge in [0.15, 0.2) is 0 Å². The van der Waals surface area contributed by atoms with Crippen LogP contribution in [0.2, 0.25) is 0 Å². The fourth-order valence-corrected chi connectivity index (χ4v) is 2.85. The van der Waals surface area contributed by atoms with Gasteiger partial charge in [0.2, 0.25) is 0 Å². The highest BCUT2D eigenvalue weighted by Crippen LogP contribution is 2.35. The van der Waals surface area contributed by atoms with Gasteiger partial charge in [-0.3, -0.25) is 0 Å². The molecule has 18 heavy (non-hydrogen) atoms. The van der Waals surface area contributed by atoms with Gasteiger partial charge in [-0.05, 0) is 30.5 Å². The van der Waals surface area contributed by atoms with Crippen LogP contribution in [-0.2, 0) is 10.9 Å². The summed E-state index contributed by atoms with van der Waals surface area (Å²) < 4.78 is 42.6. The fourth-order valence-electron chi connectivity index (χ4n) is 1.78. The largest absolute Gasteiger partial charge is 0.416 e. The fraction of sp³-hybridized carbons (Fsp3) is 0.500. The van der Waals surface area contributed by atoms with Crippen molar-refractivity contribution in [2.45, 2.75) is 17.5 Å². The normalized spacial score (nSPS) is 20.3. The van der Waals surface area contributed by atoms with Crippen LogP contribution < -0.4 is 5.73 Å². The van der Waals surface area contributed by atoms with E-state index < -0.39 is 11.7 Å². The number of ether oxygens (including phenoxy) is 1. The van der Waals surface area contributed by atoms with E-state index in [0.717, 1.165) is 37.5 Å². The Bertz CT molecular complexity index is 416. The second-order valence-corrected chi connectivity index (χ2v) is 5.35. The average Bonchev–Trinajstić information content (AvgIpc) is 2.79. The Kier molecular flexibility index (Phi) is 4.07. The van der Waals surface area contributed by atoms with Crippen LogP contribution in [0.15, 0.2) is 23.1 Å². The number of benzene rings is 1. The molecule has 1 aromatic rings. The lowest BCUT2D eigenvalue weighted by Gasteiger charge is -2.12. The molecule has 1 fully saturated rings. The Morgan fingerprint density at radius 1 is 1.39 bits per heavy atom. The van der Waals surface area contributed by atoms with Gasteiger partial charge in [0.25, 0.3) is 0 Å². The minimum absolute atomic E-state index is 0.189. The van der Waals surface area contributed by atoms with Gasteiger partial charge < -0.3 is 10.5 Å². The Morgan fingerprint density at radius 2 is 2.17 bits per heavy atom. The molecule has 0 saturated carbocycles. The lowest BCUT2D eigenvalue weighted by molar-refractivity contribution is -0.137. The Hall–Kier alpha value is -0.880. The first-order valence-corrected chi connectivity index (χ1v) is 6.62. The summed E-state index contributed by atoms with van der Waals surface area (Å²) in [5.41, 5.74) is 5.14. The molecule has 0 radical (unpaired) electrons. The lowest BCUT2D eigenvalue weighted by atomic mass is 10.2. The topological polar surface area (TPSA) is 35.2 Å². The molecule has 100 valence electrons. The number of halogens is 3. The van der Waals surface area contributed by atoms with E-state index in [4.69, 9.17) is 10.5 Å². The second kappa shape index (κ2) is 5.40. The van der Waals surface area contributed by atoms with Crippen LogP contribution >= 0.6 is 11.8 Å². The summed E-state index contributed by atoms with van der Waals surface area (Å²) in [6, 6.07) is 3.51. The van der Waals surface area contributed by atoms with Crippen LogP contribution in [0.1, 0.15) is 12.0 Å². The van der Waals surface area contributed by atoms with Gasteiger partial charge >= 0.3 is 6.18 Å². The molecule has 0 bridgehead atoms. The Labute approximate surface area is 108 Å². The molecule has 1 aliphatic rings. The molecular weight excluding hydrogens is 263 g/mol. The standard InChI is InChI=1S/C12H14F3NOS/c13-12(14,15)9-1-2-11(10(16)5-9)18-7-8-3-4-17-6-8/h1-2,5,8H,3-4,6-7,16H2. The molecule has 1 saturated heterocycles. The van der Waals surface area contributed by atoms with E-state index in [0.29, 0.717) is 10.8 Å². The molecule has 0 spiro atoms. The Morgan fingerprint density at radius 3 is 2.72 bits per heavy atom. The van der Waals surface area contributed by atoms with Gasteiger partial charge in [0.1, 0.15) is 0 Å². The number of nitrogens with two attached hydrogens (primary N) is 1. The number of hydrogen-bond donors (Lipinski definition) is 1. The number of anilines is 1. The summed E-state index contributed by atoms with van der Waals surface area (Å²) in [4.78, 5) is 0.704. The minimum atomic E-state index is -4.34. The monoisotopic (exact) mass is 277 g/mol. The van der Waals surface area contributed by atoms with E-state index in [1.54, 1.807) is 0 Å². The van der Waals surface area contributed by atoms with Gasteiger partial charge in [-0.25, -0.2) is 0 Å². The average molecular weight is 277 g/mol. The van der Waals surface area contributed by atoms with Crippen LogP contribution in [0.4, 0.5) is 18.9 Å². The van der Waals surface area contributed by atoms with E-state index in [-0.39, 0.29) is 5.69 Å². The molecule has 1 heterocycles. The molecule has 1 unspecified atom stereocenters. The van der Waals surface area contributed by atoms with Crippen molar-refractivity contribution in [1.29, 1.82) is 0 Å². The molecule has 1 atom stereocenters. The molecule has 1 aliphatic heterocycles. The molecule has 6 heteroatoms. The lowest BCUT2D eigenvalue weighted by Crippen LogP contribution is -2.06. The van der Waals surface area contributed by atoms with Crippen molar-refractivity contribution < 1.29 is 17.9 Å². The molecule has 0 aliphatic carbocycles. The van der Waals surface area contributed by atoms with Gasteiger partial charge in [-0.1, -0.05) is 0 Å². The van der Waals surface area contributed by atoms with Crippen molar-refractivity contribution >= 4 is 17.4 Å². The van der Waals surface area contributed by atoms with Crippen molar-refractivity contribution in [2.75, 3.05) is 24.7 Å². The van der Waals surface area contributed by atoms with E-state index >= 15 is 0 Å². The molecule has 0 amide bonds. The number of alkyl halides is 3. The number of nitrogen functional groups attached to an aromatic ring is 1. The smallest absolute Gasteiger partial charge is 0.398 e. The highest BCUT2D eigenvalue weighted by molar-refractivity contribution is 7.99. The van der Waals surface area contributed by atoms with E-state index in [1.807, 2.05) is 0 Å². The summed E-state index contributed by atoms with van der Waals surface area (Å²) in [6.07, 6.45) is -3.33. The third-order valence-corrected chi connectivity index (χ3v) is 4.16. The number of rotatable bonds is 3. The summed E-state index contributed by atoms with van der Waals surface area (Å²) in [5, 5.41) is 0. The van der Waals surface area contributed by atoms with Crippen LogP contribution in [0.5, 0.6) is 0 Å². The zero-order valence-corrected chi connectivity index (χ0v) is 10.5. The van der Waals surface area contributed by atoms with Crippen LogP contribution in [0.25, 0.3) is 0 Å². The van der Waals surface area contributed by atoms with Gasteiger partial charge in [0, 0.05) is 22.9 Å². The predicted octanol–water partition coefficient (Wildman–Crippen LogP) is 3.42. The maximum atomic E-state index is 12.5. The molecule has 2 N–H and O–H groups in total. The van der Waals surface area contributed by atoms with Crippen molar-refractivity contribution in [3.8, 4) is 0 Å². The molecule has 0 aromatic heterocycles. The van der Waals surface area contributed by atoms with E-state index in [9.17, 15) is 13.2 Å². The minimum Gasteiger partial charge on any atom is -0.398 e. The number of hydrogen-bond acceptors (Lipinski definition) is 3. The van der Waals surface area contributed by atoms with Crippen molar-refractivity contribution in [1.82, 2.24) is 0 Å². The van der Waals surface area contributed by atoms with Crippen molar-refractivity contribution in [3.05, 3.63) is 23.8 Å². The number of thioether (sulfide) groups is 1. The second-order valence-electron chi connectivity index (χ2n) is 4.29. The molecule has 2 rings (SSSR count). The zero-order valence-electron chi connectivity index (χ0n) is 9.67. The van der Waals surface area contributed by atoms with Crippen LogP contribution in [0.3, 0.4) is 0 Å². The van der Waals surface area contributed by atoms with Crippen molar-refractivity contribution in [2.24, 2.45) is 5.92 Å². The molecular formula is C12H14F3NOS. The summed E-state index contributed by atoms with van der Waals surface area (Å²) >= 11 is 1.49.